The first-order chi connectivity index (χ1) is 21.3. The average molecular weight is 611 g/mol. The Kier molecular flexibility index (Phi) is 15.9. The van der Waals surface area contributed by atoms with Crippen LogP contribution in [0, 0.1) is 0 Å². The van der Waals surface area contributed by atoms with Crippen LogP contribution in [0.4, 0.5) is 0 Å². The minimum atomic E-state index is 0. The molecule has 0 atom stereocenters. The Balaban J connectivity index is 0.000000899. The monoisotopic (exact) mass is 610 g/mol. The van der Waals surface area contributed by atoms with Gasteiger partial charge in [0.05, 0.1) is 0 Å². The molecule has 0 aliphatic heterocycles. The maximum Gasteiger partial charge on any atom is -0.00128 e. The molecule has 0 radical (unpaired) electrons. The van der Waals surface area contributed by atoms with E-state index >= 15 is 0 Å². The summed E-state index contributed by atoms with van der Waals surface area (Å²) < 4.78 is 0. The van der Waals surface area contributed by atoms with E-state index < -0.39 is 0 Å². The predicted octanol–water partition coefficient (Wildman–Crippen LogP) is 15.6. The van der Waals surface area contributed by atoms with Crippen molar-refractivity contribution in [2.24, 2.45) is 0 Å². The number of hydrogen-bond acceptors (Lipinski definition) is 0. The van der Waals surface area contributed by atoms with E-state index in [-0.39, 0.29) is 22.3 Å². The molecule has 7 aromatic rings. The van der Waals surface area contributed by atoms with Crippen molar-refractivity contribution in [2.45, 2.75) is 84.1 Å². The Morgan fingerprint density at radius 1 is 0.348 bits per heavy atom. The Morgan fingerprint density at radius 2 is 0.913 bits per heavy atom. The van der Waals surface area contributed by atoms with Crippen molar-refractivity contribution in [3.05, 3.63) is 132 Å². The van der Waals surface area contributed by atoms with E-state index in [1.165, 1.54) is 76.5 Å². The summed E-state index contributed by atoms with van der Waals surface area (Å²) in [6.45, 7) is 16.0. The zero-order valence-electron chi connectivity index (χ0n) is 27.3. The third kappa shape index (κ3) is 7.18. The van der Waals surface area contributed by atoms with Gasteiger partial charge in [0.25, 0.3) is 0 Å². The molecule has 0 fully saturated rings. The van der Waals surface area contributed by atoms with Crippen LogP contribution in [-0.4, -0.2) is 0 Å². The van der Waals surface area contributed by atoms with Crippen molar-refractivity contribution in [3.8, 4) is 22.3 Å². The van der Waals surface area contributed by atoms with Gasteiger partial charge in [-0.25, -0.2) is 0 Å². The minimum absolute atomic E-state index is 0. The fourth-order valence-corrected chi connectivity index (χ4v) is 6.17. The van der Waals surface area contributed by atoms with Crippen LogP contribution in [0.1, 0.15) is 88.8 Å². The molecule has 46 heavy (non-hydrogen) atoms. The summed E-state index contributed by atoms with van der Waals surface area (Å²) in [5, 5.41) is 10.7. The summed E-state index contributed by atoms with van der Waals surface area (Å²) in [4.78, 5) is 0. The van der Waals surface area contributed by atoms with Crippen LogP contribution < -0.4 is 0 Å². The largest absolute Gasteiger partial charge is 0.0776 e. The molecule has 0 saturated heterocycles. The molecule has 0 spiro atoms. The van der Waals surface area contributed by atoms with Crippen LogP contribution in [0.15, 0.2) is 121 Å². The summed E-state index contributed by atoms with van der Waals surface area (Å²) >= 11 is 0. The summed E-state index contributed by atoms with van der Waals surface area (Å²) in [5.41, 5.74) is 8.12. The van der Waals surface area contributed by atoms with Gasteiger partial charge in [0, 0.05) is 0 Å². The smallest absolute Gasteiger partial charge is 0.00128 e. The second-order valence-corrected chi connectivity index (χ2v) is 9.76. The van der Waals surface area contributed by atoms with Gasteiger partial charge >= 0.3 is 0 Å². The molecular formula is C46H58. The zero-order valence-corrected chi connectivity index (χ0v) is 27.3. The molecule has 0 bridgehead atoms. The molecule has 0 amide bonds. The van der Waals surface area contributed by atoms with Gasteiger partial charge in [-0.2, -0.15) is 0 Å². The number of benzene rings is 7. The Bertz CT molecular complexity index is 1960. The highest BCUT2D eigenvalue weighted by molar-refractivity contribution is 6.22. The molecular weight excluding hydrogens is 553 g/mol. The molecule has 242 valence electrons. The topological polar surface area (TPSA) is 0 Å². The summed E-state index contributed by atoms with van der Waals surface area (Å²) in [6, 6.07) is 45.0. The average Bonchev–Trinajstić information content (AvgIpc) is 3.11. The Morgan fingerprint density at radius 3 is 1.57 bits per heavy atom. The van der Waals surface area contributed by atoms with E-state index in [4.69, 9.17) is 0 Å². The van der Waals surface area contributed by atoms with Crippen molar-refractivity contribution < 1.29 is 0 Å². The van der Waals surface area contributed by atoms with Crippen LogP contribution >= 0.6 is 0 Å². The van der Waals surface area contributed by atoms with Crippen molar-refractivity contribution >= 4 is 43.1 Å². The Hall–Kier alpha value is -4.42. The van der Waals surface area contributed by atoms with E-state index in [0.29, 0.717) is 0 Å². The lowest BCUT2D eigenvalue weighted by molar-refractivity contribution is 1.21. The number of fused-ring (bicyclic) bond motifs is 7. The van der Waals surface area contributed by atoms with Gasteiger partial charge < -0.3 is 0 Å². The van der Waals surface area contributed by atoms with Gasteiger partial charge in [0.1, 0.15) is 0 Å². The molecule has 1 aliphatic carbocycles. The minimum Gasteiger partial charge on any atom is -0.0776 e. The molecule has 0 nitrogen and oxygen atoms in total. The van der Waals surface area contributed by atoms with Crippen LogP contribution in [0.3, 0.4) is 0 Å². The third-order valence-electron chi connectivity index (χ3n) is 7.79. The predicted molar refractivity (Wildman–Crippen MR) is 216 cm³/mol. The van der Waals surface area contributed by atoms with Crippen LogP contribution in [0.5, 0.6) is 0 Å². The first-order valence-electron chi connectivity index (χ1n) is 16.3. The third-order valence-corrected chi connectivity index (χ3v) is 7.79. The zero-order chi connectivity index (χ0) is 30.9. The molecule has 7 aromatic carbocycles. The first-order valence-corrected chi connectivity index (χ1v) is 16.3. The molecule has 0 heteroatoms. The highest BCUT2D eigenvalue weighted by atomic mass is 14.3. The van der Waals surface area contributed by atoms with Gasteiger partial charge in [-0.1, -0.05) is 175 Å². The van der Waals surface area contributed by atoms with Crippen molar-refractivity contribution in [1.82, 2.24) is 0 Å². The first kappa shape index (κ1) is 39.6. The fourth-order valence-electron chi connectivity index (χ4n) is 6.17. The maximum absolute atomic E-state index is 2.46. The highest BCUT2D eigenvalue weighted by Crippen LogP contribution is 2.46. The van der Waals surface area contributed by atoms with Gasteiger partial charge in [0.2, 0.25) is 0 Å². The maximum atomic E-state index is 2.46. The Labute approximate surface area is 281 Å². The van der Waals surface area contributed by atoms with Gasteiger partial charge in [-0.3, -0.25) is 0 Å². The number of hydrogen-bond donors (Lipinski definition) is 0. The van der Waals surface area contributed by atoms with E-state index in [1.807, 2.05) is 55.4 Å². The van der Waals surface area contributed by atoms with Crippen LogP contribution in [0.25, 0.3) is 65.3 Å². The lowest BCUT2D eigenvalue weighted by Crippen LogP contribution is -2.02. The molecule has 8 rings (SSSR count). The quantitative estimate of drug-likeness (QED) is 0.162. The van der Waals surface area contributed by atoms with E-state index in [2.05, 4.69) is 121 Å². The van der Waals surface area contributed by atoms with Gasteiger partial charge in [-0.15, -0.1) is 0 Å². The molecule has 0 N–H and O–H groups in total. The van der Waals surface area contributed by atoms with Crippen LogP contribution in [0.2, 0.25) is 0 Å². The van der Waals surface area contributed by atoms with Crippen LogP contribution in [-0.2, 0) is 6.42 Å². The molecule has 0 saturated carbocycles. The van der Waals surface area contributed by atoms with Crippen molar-refractivity contribution in [1.29, 1.82) is 0 Å². The lowest BCUT2D eigenvalue weighted by atomic mass is 9.79. The SMILES string of the molecule is C.C.C.CC.CC.CC.CC.c1ccc(-c2cc3c4c(cc5c6ccccc6ccc5c4c2)Cc2cc4ccccc4cc2-3)cc1. The van der Waals surface area contributed by atoms with E-state index in [9.17, 15) is 0 Å². The normalized spacial score (nSPS) is 10.0. The standard InChI is InChI=1S/C35H22.4C2H6.3CH4/c1-2-8-22(9-3-1)26-19-33-30-15-14-23-10-6-7-13-29(23)32(30)21-28-17-27-16-24-11-4-5-12-25(24)18-31(27)34(20-26)35(28)33;4*1-2;;;/h1-16,18-21H,17H2;4*1-2H3;3*1H4. The molecule has 0 heterocycles. The summed E-state index contributed by atoms with van der Waals surface area (Å²) in [7, 11) is 0. The van der Waals surface area contributed by atoms with E-state index in [1.54, 1.807) is 0 Å². The van der Waals surface area contributed by atoms with Gasteiger partial charge in [-0.05, 0) is 107 Å². The molecule has 1 aliphatic rings. The van der Waals surface area contributed by atoms with E-state index in [0.717, 1.165) is 6.42 Å². The lowest BCUT2D eigenvalue weighted by Gasteiger charge is -2.24. The molecule has 0 aromatic heterocycles. The second-order valence-electron chi connectivity index (χ2n) is 9.76. The highest BCUT2D eigenvalue weighted by Gasteiger charge is 2.22. The van der Waals surface area contributed by atoms with Crippen molar-refractivity contribution in [3.63, 3.8) is 0 Å². The van der Waals surface area contributed by atoms with Gasteiger partial charge in [0.15, 0.2) is 0 Å². The van der Waals surface area contributed by atoms with Crippen molar-refractivity contribution in [2.75, 3.05) is 0 Å². The summed E-state index contributed by atoms with van der Waals surface area (Å²) in [6.07, 6.45) is 0.966. The second kappa shape index (κ2) is 18.5. The summed E-state index contributed by atoms with van der Waals surface area (Å²) in [5.74, 6) is 0. The molecule has 0 unspecified atom stereocenters. The number of rotatable bonds is 1. The fraction of sp³-hybridized carbons (Fsp3) is 0.261.